The molecule has 0 spiro atoms. The number of carbonyl (C=O) groups is 1. The molecule has 0 aromatic heterocycles. The second-order valence-electron chi connectivity index (χ2n) is 4.10. The number of anilines is 1. The molecule has 0 aliphatic carbocycles. The van der Waals surface area contributed by atoms with Crippen LogP contribution in [-0.4, -0.2) is 13.0 Å². The first kappa shape index (κ1) is 13.8. The van der Waals surface area contributed by atoms with Crippen molar-refractivity contribution >= 4 is 23.2 Å². The summed E-state index contributed by atoms with van der Waals surface area (Å²) in [7, 11) is 1.56. The largest absolute Gasteiger partial charge is 0.495 e. The van der Waals surface area contributed by atoms with E-state index >= 15 is 0 Å². The molecule has 0 bridgehead atoms. The monoisotopic (exact) mass is 255 g/mol. The van der Waals surface area contributed by atoms with Crippen LogP contribution in [0.5, 0.6) is 5.75 Å². The molecule has 94 valence electrons. The van der Waals surface area contributed by atoms with E-state index in [2.05, 4.69) is 5.32 Å². The number of nitrogens with one attached hydrogen (secondary N) is 1. The number of hydrogen-bond acceptors (Lipinski definition) is 2. The molecule has 0 fully saturated rings. The van der Waals surface area contributed by atoms with Crippen molar-refractivity contribution < 1.29 is 9.53 Å². The predicted octanol–water partition coefficient (Wildman–Crippen LogP) is 3.64. The molecule has 0 saturated heterocycles. The van der Waals surface area contributed by atoms with E-state index in [1.54, 1.807) is 13.2 Å². The molecule has 1 rings (SSSR count). The summed E-state index contributed by atoms with van der Waals surface area (Å²) in [5, 5.41) is 3.49. The number of halogens is 1. The van der Waals surface area contributed by atoms with Crippen LogP contribution in [0.2, 0.25) is 5.02 Å². The maximum absolute atomic E-state index is 11.8. The fourth-order valence-electron chi connectivity index (χ4n) is 1.37. The summed E-state index contributed by atoms with van der Waals surface area (Å²) in [4.78, 5) is 11.8. The maximum Gasteiger partial charge on any atom is 0.227 e. The predicted molar refractivity (Wildman–Crippen MR) is 70.8 cm³/mol. The van der Waals surface area contributed by atoms with Crippen LogP contribution in [0.3, 0.4) is 0 Å². The lowest BCUT2D eigenvalue weighted by molar-refractivity contribution is -0.119. The topological polar surface area (TPSA) is 38.3 Å². The molecule has 1 aromatic rings. The van der Waals surface area contributed by atoms with Crippen molar-refractivity contribution in [2.24, 2.45) is 5.92 Å². The number of hydrogen-bond donors (Lipinski definition) is 1. The summed E-state index contributed by atoms with van der Waals surface area (Å²) >= 11 is 6.00. The van der Waals surface area contributed by atoms with Crippen molar-refractivity contribution in [3.8, 4) is 5.75 Å². The zero-order chi connectivity index (χ0) is 13.0. The highest BCUT2D eigenvalue weighted by atomic mass is 35.5. The first-order chi connectivity index (χ1) is 7.99. The minimum atomic E-state index is -0.0179. The van der Waals surface area contributed by atoms with E-state index in [1.807, 2.05) is 26.8 Å². The van der Waals surface area contributed by atoms with E-state index in [-0.39, 0.29) is 11.8 Å². The number of aryl methyl sites for hydroxylation is 1. The maximum atomic E-state index is 11.8. The van der Waals surface area contributed by atoms with Gasteiger partial charge in [0, 0.05) is 17.0 Å². The third kappa shape index (κ3) is 3.37. The summed E-state index contributed by atoms with van der Waals surface area (Å²) in [6.07, 6.45) is 0.806. The Hall–Kier alpha value is -1.22. The van der Waals surface area contributed by atoms with Gasteiger partial charge in [0.05, 0.1) is 12.8 Å². The SMILES string of the molecule is CC[C@@H](C)C(=O)Nc1cc(C)c(Cl)cc1OC. The fraction of sp³-hybridized carbons (Fsp3) is 0.462. The van der Waals surface area contributed by atoms with Crippen LogP contribution in [0.4, 0.5) is 5.69 Å². The second kappa shape index (κ2) is 5.92. The van der Waals surface area contributed by atoms with Crippen LogP contribution in [0, 0.1) is 12.8 Å². The molecule has 0 aliphatic heterocycles. The average molecular weight is 256 g/mol. The Balaban J connectivity index is 2.97. The van der Waals surface area contributed by atoms with Crippen LogP contribution >= 0.6 is 11.6 Å². The van der Waals surface area contributed by atoms with Gasteiger partial charge in [-0.25, -0.2) is 0 Å². The van der Waals surface area contributed by atoms with Crippen molar-refractivity contribution in [2.75, 3.05) is 12.4 Å². The molecular weight excluding hydrogens is 238 g/mol. The number of amides is 1. The van der Waals surface area contributed by atoms with Gasteiger partial charge in [0.2, 0.25) is 5.91 Å². The van der Waals surface area contributed by atoms with E-state index in [9.17, 15) is 4.79 Å². The number of rotatable bonds is 4. The standard InChI is InChI=1S/C13H18ClNO2/c1-5-8(2)13(16)15-11-6-9(3)10(14)7-12(11)17-4/h6-8H,5H2,1-4H3,(H,15,16)/t8-/m1/s1. The Labute approximate surface area is 107 Å². The number of carbonyl (C=O) groups excluding carboxylic acids is 1. The molecule has 0 aliphatic rings. The van der Waals surface area contributed by atoms with Gasteiger partial charge in [0.25, 0.3) is 0 Å². The highest BCUT2D eigenvalue weighted by Crippen LogP contribution is 2.31. The molecule has 0 saturated carbocycles. The van der Waals surface area contributed by atoms with Crippen molar-refractivity contribution in [1.29, 1.82) is 0 Å². The number of methoxy groups -OCH3 is 1. The Morgan fingerprint density at radius 1 is 1.53 bits per heavy atom. The summed E-state index contributed by atoms with van der Waals surface area (Å²) in [6, 6.07) is 3.53. The first-order valence-electron chi connectivity index (χ1n) is 5.64. The van der Waals surface area contributed by atoms with Crippen molar-refractivity contribution in [3.05, 3.63) is 22.7 Å². The van der Waals surface area contributed by atoms with Crippen molar-refractivity contribution in [1.82, 2.24) is 0 Å². The van der Waals surface area contributed by atoms with E-state index in [4.69, 9.17) is 16.3 Å². The normalized spacial score (nSPS) is 12.1. The first-order valence-corrected chi connectivity index (χ1v) is 6.02. The lowest BCUT2D eigenvalue weighted by Gasteiger charge is -2.14. The summed E-state index contributed by atoms with van der Waals surface area (Å²) < 4.78 is 5.20. The van der Waals surface area contributed by atoms with Crippen LogP contribution in [0.1, 0.15) is 25.8 Å². The summed E-state index contributed by atoms with van der Waals surface area (Å²) in [6.45, 7) is 5.76. The number of ether oxygens (including phenoxy) is 1. The van der Waals surface area contributed by atoms with Crippen LogP contribution in [0.15, 0.2) is 12.1 Å². The van der Waals surface area contributed by atoms with E-state index in [0.717, 1.165) is 12.0 Å². The zero-order valence-corrected chi connectivity index (χ0v) is 11.4. The molecule has 1 atom stereocenters. The van der Waals surface area contributed by atoms with Gasteiger partial charge in [-0.1, -0.05) is 25.4 Å². The highest BCUT2D eigenvalue weighted by molar-refractivity contribution is 6.31. The lowest BCUT2D eigenvalue weighted by Crippen LogP contribution is -2.20. The lowest BCUT2D eigenvalue weighted by atomic mass is 10.1. The summed E-state index contributed by atoms with van der Waals surface area (Å²) in [5.74, 6) is 0.556. The quantitative estimate of drug-likeness (QED) is 0.892. The van der Waals surface area contributed by atoms with Gasteiger partial charge in [0.15, 0.2) is 0 Å². The van der Waals surface area contributed by atoms with E-state index in [1.165, 1.54) is 0 Å². The summed E-state index contributed by atoms with van der Waals surface area (Å²) in [5.41, 5.74) is 1.58. The molecule has 1 aromatic carbocycles. The molecular formula is C13H18ClNO2. The van der Waals surface area contributed by atoms with Gasteiger partial charge >= 0.3 is 0 Å². The van der Waals surface area contributed by atoms with E-state index in [0.29, 0.717) is 16.5 Å². The molecule has 0 radical (unpaired) electrons. The average Bonchev–Trinajstić information content (AvgIpc) is 2.32. The van der Waals surface area contributed by atoms with E-state index < -0.39 is 0 Å². The van der Waals surface area contributed by atoms with Gasteiger partial charge in [-0.15, -0.1) is 0 Å². The van der Waals surface area contributed by atoms with Crippen molar-refractivity contribution in [2.45, 2.75) is 27.2 Å². The van der Waals surface area contributed by atoms with Gasteiger partial charge in [-0.3, -0.25) is 4.79 Å². The molecule has 1 N–H and O–H groups in total. The van der Waals surface area contributed by atoms with Crippen LogP contribution in [0.25, 0.3) is 0 Å². The van der Waals surface area contributed by atoms with Crippen molar-refractivity contribution in [3.63, 3.8) is 0 Å². The van der Waals surface area contributed by atoms with Gasteiger partial charge in [0.1, 0.15) is 5.75 Å². The number of benzene rings is 1. The second-order valence-corrected chi connectivity index (χ2v) is 4.51. The smallest absolute Gasteiger partial charge is 0.227 e. The Morgan fingerprint density at radius 2 is 2.18 bits per heavy atom. The minimum absolute atomic E-state index is 0.00692. The molecule has 17 heavy (non-hydrogen) atoms. The third-order valence-corrected chi connectivity index (χ3v) is 3.21. The fourth-order valence-corrected chi connectivity index (χ4v) is 1.52. The van der Waals surface area contributed by atoms with Crippen LogP contribution < -0.4 is 10.1 Å². The molecule has 0 unspecified atom stereocenters. The zero-order valence-electron chi connectivity index (χ0n) is 10.6. The molecule has 0 heterocycles. The van der Waals surface area contributed by atoms with Crippen LogP contribution in [-0.2, 0) is 4.79 Å². The minimum Gasteiger partial charge on any atom is -0.495 e. The highest BCUT2D eigenvalue weighted by Gasteiger charge is 2.14. The molecule has 4 heteroatoms. The Bertz CT molecular complexity index is 418. The Morgan fingerprint density at radius 3 is 2.71 bits per heavy atom. The third-order valence-electron chi connectivity index (χ3n) is 2.80. The molecule has 3 nitrogen and oxygen atoms in total. The molecule has 1 amide bonds. The van der Waals surface area contributed by atoms with Gasteiger partial charge in [-0.2, -0.15) is 0 Å². The van der Waals surface area contributed by atoms with Gasteiger partial charge < -0.3 is 10.1 Å². The Kier molecular flexibility index (Phi) is 4.82. The van der Waals surface area contributed by atoms with Gasteiger partial charge in [-0.05, 0) is 25.0 Å².